The van der Waals surface area contributed by atoms with Crippen LogP contribution in [0.25, 0.3) is 0 Å². The van der Waals surface area contributed by atoms with E-state index in [2.05, 4.69) is 16.6 Å². The van der Waals surface area contributed by atoms with Gasteiger partial charge in [0.2, 0.25) is 0 Å². The Bertz CT molecular complexity index is 386. The van der Waals surface area contributed by atoms with Crippen molar-refractivity contribution in [1.29, 1.82) is 0 Å². The fourth-order valence-corrected chi connectivity index (χ4v) is 1.86. The van der Waals surface area contributed by atoms with Crippen LogP contribution in [0.1, 0.15) is 27.7 Å². The lowest BCUT2D eigenvalue weighted by Gasteiger charge is -2.22. The van der Waals surface area contributed by atoms with E-state index >= 15 is 0 Å². The summed E-state index contributed by atoms with van der Waals surface area (Å²) in [6.45, 7) is 10.2. The molecule has 0 rings (SSSR count). The zero-order chi connectivity index (χ0) is 15.2. The molecule has 1 amide bonds. The highest BCUT2D eigenvalue weighted by molar-refractivity contribution is 7.89. The van der Waals surface area contributed by atoms with E-state index in [1.54, 1.807) is 27.7 Å². The minimum Gasteiger partial charge on any atom is -0.467 e. The number of alkyl carbamates (subject to hydrolysis) is 1. The summed E-state index contributed by atoms with van der Waals surface area (Å²) in [5.74, 6) is -0.776. The van der Waals surface area contributed by atoms with Crippen LogP contribution < -0.4 is 5.32 Å². The van der Waals surface area contributed by atoms with E-state index in [0.717, 1.165) is 0 Å². The summed E-state index contributed by atoms with van der Waals surface area (Å²) < 4.78 is 21.2. The number of rotatable bonds is 5. The standard InChI is InChI=1S/C12H21NO5S/c1-8(2)19(16)7-9(10(14)17-6)13-11(15)18-12(3,4)5/h9H,1,7H2,2-6H3,(H,13,15)/t9-,19+/m0/s1. The van der Waals surface area contributed by atoms with Crippen molar-refractivity contribution >= 4 is 22.9 Å². The van der Waals surface area contributed by atoms with E-state index in [4.69, 9.17) is 4.74 Å². The Balaban J connectivity index is 4.70. The summed E-state index contributed by atoms with van der Waals surface area (Å²) in [6, 6.07) is -1.03. The number of methoxy groups -OCH3 is 1. The number of carbonyl (C=O) groups excluding carboxylic acids is 2. The van der Waals surface area contributed by atoms with Crippen molar-refractivity contribution in [2.75, 3.05) is 12.9 Å². The normalized spacial score (nSPS) is 14.2. The van der Waals surface area contributed by atoms with Crippen LogP contribution in [0.15, 0.2) is 11.5 Å². The molecule has 0 fully saturated rings. The first-order valence-electron chi connectivity index (χ1n) is 5.68. The Morgan fingerprint density at radius 1 is 1.37 bits per heavy atom. The molecule has 6 nitrogen and oxygen atoms in total. The molecule has 2 atom stereocenters. The van der Waals surface area contributed by atoms with Crippen LogP contribution in [0, 0.1) is 0 Å². The second kappa shape index (κ2) is 7.28. The lowest BCUT2D eigenvalue weighted by molar-refractivity contribution is -0.142. The predicted octanol–water partition coefficient (Wildman–Crippen LogP) is 1.33. The Kier molecular flexibility index (Phi) is 6.75. The first kappa shape index (κ1) is 17.6. The highest BCUT2D eigenvalue weighted by Crippen LogP contribution is 2.08. The van der Waals surface area contributed by atoms with Crippen LogP contribution in [-0.4, -0.2) is 40.8 Å². The molecule has 0 aromatic heterocycles. The monoisotopic (exact) mass is 291 g/mol. The second-order valence-electron chi connectivity index (χ2n) is 4.94. The van der Waals surface area contributed by atoms with E-state index in [0.29, 0.717) is 4.91 Å². The predicted molar refractivity (Wildman–Crippen MR) is 73.0 cm³/mol. The minimum absolute atomic E-state index is 0.0960. The first-order valence-corrected chi connectivity index (χ1v) is 7.00. The van der Waals surface area contributed by atoms with Gasteiger partial charge in [-0.3, -0.25) is 4.21 Å². The highest BCUT2D eigenvalue weighted by atomic mass is 32.2. The van der Waals surface area contributed by atoms with E-state index in [1.165, 1.54) is 7.11 Å². The largest absolute Gasteiger partial charge is 0.467 e. The van der Waals surface area contributed by atoms with Crippen molar-refractivity contribution in [2.24, 2.45) is 0 Å². The highest BCUT2D eigenvalue weighted by Gasteiger charge is 2.26. The van der Waals surface area contributed by atoms with Crippen LogP contribution in [0.5, 0.6) is 0 Å². The Labute approximate surface area is 116 Å². The quantitative estimate of drug-likeness (QED) is 0.773. The van der Waals surface area contributed by atoms with Gasteiger partial charge in [0.1, 0.15) is 11.6 Å². The summed E-state index contributed by atoms with van der Waals surface area (Å²) in [5, 5.41) is 2.34. The third kappa shape index (κ3) is 7.61. The van der Waals surface area contributed by atoms with Gasteiger partial charge in [0.25, 0.3) is 0 Å². The lowest BCUT2D eigenvalue weighted by Crippen LogP contribution is -2.46. The maximum Gasteiger partial charge on any atom is 0.408 e. The van der Waals surface area contributed by atoms with Crippen molar-refractivity contribution in [2.45, 2.75) is 39.3 Å². The molecule has 19 heavy (non-hydrogen) atoms. The fraction of sp³-hybridized carbons (Fsp3) is 0.667. The number of carbonyl (C=O) groups is 2. The third-order valence-corrected chi connectivity index (χ3v) is 3.30. The molecular formula is C12H21NO5S. The fourth-order valence-electron chi connectivity index (χ4n) is 1.05. The molecular weight excluding hydrogens is 270 g/mol. The number of amides is 1. The number of esters is 1. The molecule has 0 heterocycles. The third-order valence-electron chi connectivity index (χ3n) is 1.88. The van der Waals surface area contributed by atoms with E-state index < -0.39 is 34.5 Å². The van der Waals surface area contributed by atoms with Crippen LogP contribution in [0.4, 0.5) is 4.79 Å². The van der Waals surface area contributed by atoms with E-state index in [-0.39, 0.29) is 5.75 Å². The van der Waals surface area contributed by atoms with Crippen LogP contribution in [0.2, 0.25) is 0 Å². The van der Waals surface area contributed by atoms with Gasteiger partial charge in [-0.1, -0.05) is 6.58 Å². The summed E-state index contributed by atoms with van der Waals surface area (Å²) >= 11 is 0. The summed E-state index contributed by atoms with van der Waals surface area (Å²) in [4.78, 5) is 23.5. The number of nitrogens with one attached hydrogen (secondary N) is 1. The summed E-state index contributed by atoms with van der Waals surface area (Å²) in [7, 11) is -0.239. The van der Waals surface area contributed by atoms with Gasteiger partial charge in [0.15, 0.2) is 0 Å². The maximum absolute atomic E-state index is 11.7. The van der Waals surface area contributed by atoms with Gasteiger partial charge in [-0.2, -0.15) is 0 Å². The van der Waals surface area contributed by atoms with Crippen molar-refractivity contribution in [3.63, 3.8) is 0 Å². The van der Waals surface area contributed by atoms with Crippen molar-refractivity contribution in [3.05, 3.63) is 11.5 Å². The molecule has 0 aromatic carbocycles. The van der Waals surface area contributed by atoms with Crippen molar-refractivity contribution < 1.29 is 23.3 Å². The number of ether oxygens (including phenoxy) is 2. The second-order valence-corrected chi connectivity index (χ2v) is 6.66. The average molecular weight is 291 g/mol. The smallest absolute Gasteiger partial charge is 0.408 e. The topological polar surface area (TPSA) is 81.7 Å². The van der Waals surface area contributed by atoms with Gasteiger partial charge < -0.3 is 14.8 Å². The molecule has 0 saturated heterocycles. The molecule has 0 aliphatic heterocycles. The maximum atomic E-state index is 11.7. The average Bonchev–Trinajstić information content (AvgIpc) is 2.24. The molecule has 0 bridgehead atoms. The molecule has 0 unspecified atom stereocenters. The van der Waals surface area contributed by atoms with Crippen molar-refractivity contribution in [1.82, 2.24) is 5.32 Å². The summed E-state index contributed by atoms with van der Waals surface area (Å²) in [5.41, 5.74) is -0.682. The van der Waals surface area contributed by atoms with Gasteiger partial charge in [-0.05, 0) is 27.7 Å². The van der Waals surface area contributed by atoms with Gasteiger partial charge in [0, 0.05) is 4.91 Å². The van der Waals surface area contributed by atoms with Gasteiger partial charge in [-0.15, -0.1) is 0 Å². The Morgan fingerprint density at radius 3 is 2.26 bits per heavy atom. The molecule has 1 N–H and O–H groups in total. The van der Waals surface area contributed by atoms with Crippen LogP contribution >= 0.6 is 0 Å². The minimum atomic E-state index is -1.43. The molecule has 0 aliphatic carbocycles. The number of hydrogen-bond donors (Lipinski definition) is 1. The van der Waals surface area contributed by atoms with Crippen LogP contribution in [-0.2, 0) is 25.1 Å². The van der Waals surface area contributed by atoms with Crippen LogP contribution in [0.3, 0.4) is 0 Å². The molecule has 0 saturated carbocycles. The SMILES string of the molecule is C=C(C)[S@](=O)C[C@H](NC(=O)OC(C)(C)C)C(=O)OC. The molecule has 0 aromatic rings. The molecule has 110 valence electrons. The zero-order valence-electron chi connectivity index (χ0n) is 11.9. The molecule has 0 aliphatic rings. The first-order chi connectivity index (χ1) is 8.56. The number of hydrogen-bond acceptors (Lipinski definition) is 5. The van der Waals surface area contributed by atoms with E-state index in [9.17, 15) is 13.8 Å². The molecule has 0 spiro atoms. The Hall–Kier alpha value is -1.37. The molecule has 7 heteroatoms. The van der Waals surface area contributed by atoms with Crippen molar-refractivity contribution in [3.8, 4) is 0 Å². The number of allylic oxidation sites excluding steroid dienone is 1. The lowest BCUT2D eigenvalue weighted by atomic mass is 10.2. The van der Waals surface area contributed by atoms with Gasteiger partial charge >= 0.3 is 12.1 Å². The van der Waals surface area contributed by atoms with Gasteiger partial charge in [-0.25, -0.2) is 9.59 Å². The summed E-state index contributed by atoms with van der Waals surface area (Å²) in [6.07, 6.45) is -0.762. The van der Waals surface area contributed by atoms with Gasteiger partial charge in [0.05, 0.1) is 23.7 Å². The van der Waals surface area contributed by atoms with E-state index in [1.807, 2.05) is 0 Å². The Morgan fingerprint density at radius 2 is 1.89 bits per heavy atom. The molecule has 0 radical (unpaired) electrons. The zero-order valence-corrected chi connectivity index (χ0v) is 12.8.